The number of ether oxygens (including phenoxy) is 3. The van der Waals surface area contributed by atoms with Crippen LogP contribution in [0.5, 0.6) is 17.2 Å². The fraction of sp³-hybridized carbons (Fsp3) is 0.588. The quantitative estimate of drug-likeness (QED) is 0.360. The summed E-state index contributed by atoms with van der Waals surface area (Å²) in [6, 6.07) is 3.19. The molecule has 0 unspecified atom stereocenters. The number of methoxy groups -OCH3 is 2. The molecule has 2 rings (SSSR count). The maximum atomic E-state index is 12.3. The average molecular weight is 464 g/mol. The molecule has 1 N–H and O–H groups in total. The number of carbonyl (C=O) groups excluding carboxylic acids is 1. The van der Waals surface area contributed by atoms with E-state index in [1.807, 2.05) is 0 Å². The molecule has 8 heteroatoms. The summed E-state index contributed by atoms with van der Waals surface area (Å²) in [5, 5.41) is 3.38. The summed E-state index contributed by atoms with van der Waals surface area (Å²) >= 11 is 1.74. The lowest BCUT2D eigenvalue weighted by molar-refractivity contribution is 0.0488. The van der Waals surface area contributed by atoms with Gasteiger partial charge in [-0.15, -0.1) is 0 Å². The first kappa shape index (κ1) is 20.1. The van der Waals surface area contributed by atoms with Gasteiger partial charge in [-0.25, -0.2) is 4.79 Å². The van der Waals surface area contributed by atoms with Crippen molar-refractivity contribution < 1.29 is 22.1 Å². The number of hydrogen-bond acceptors (Lipinski definition) is 7. The predicted octanol–water partition coefficient (Wildman–Crippen LogP) is 2.27. The van der Waals surface area contributed by atoms with Gasteiger partial charge in [0.15, 0.2) is 34.5 Å². The normalized spacial score (nSPS) is 15.3. The van der Waals surface area contributed by atoms with Crippen molar-refractivity contribution in [3.05, 3.63) is 17.7 Å². The van der Waals surface area contributed by atoms with Gasteiger partial charge in [0.1, 0.15) is 0 Å². The Morgan fingerprint density at radius 3 is 2.72 bits per heavy atom. The SMILES string of the molecule is COc1cc(C(=O)OCCCN2CCCNCC2)cc(OI)c1OC. The molecule has 140 valence electrons. The van der Waals surface area contributed by atoms with Crippen molar-refractivity contribution in [3.63, 3.8) is 0 Å². The monoisotopic (exact) mass is 464 g/mol. The molecule has 1 saturated heterocycles. The van der Waals surface area contributed by atoms with Gasteiger partial charge in [-0.2, -0.15) is 0 Å². The Bertz CT molecular complexity index is 537. The number of esters is 1. The zero-order valence-corrected chi connectivity index (χ0v) is 16.8. The van der Waals surface area contributed by atoms with Crippen molar-refractivity contribution in [1.29, 1.82) is 0 Å². The van der Waals surface area contributed by atoms with E-state index >= 15 is 0 Å². The molecule has 1 aromatic carbocycles. The minimum atomic E-state index is -0.395. The molecule has 1 aliphatic heterocycles. The second-order valence-electron chi connectivity index (χ2n) is 5.72. The maximum absolute atomic E-state index is 12.3. The first-order chi connectivity index (χ1) is 12.2. The van der Waals surface area contributed by atoms with Gasteiger partial charge in [0.25, 0.3) is 0 Å². The van der Waals surface area contributed by atoms with Crippen LogP contribution in [0.15, 0.2) is 12.1 Å². The highest BCUT2D eigenvalue weighted by molar-refractivity contribution is 14.1. The Balaban J connectivity index is 1.87. The van der Waals surface area contributed by atoms with E-state index < -0.39 is 5.97 Å². The number of carbonyl (C=O) groups is 1. The summed E-state index contributed by atoms with van der Waals surface area (Å²) in [5.74, 6) is 0.906. The fourth-order valence-corrected chi connectivity index (χ4v) is 3.09. The molecule has 0 amide bonds. The summed E-state index contributed by atoms with van der Waals surface area (Å²) < 4.78 is 21.1. The number of hydrogen-bond donors (Lipinski definition) is 1. The fourth-order valence-electron chi connectivity index (χ4n) is 2.77. The van der Waals surface area contributed by atoms with E-state index in [9.17, 15) is 4.79 Å². The zero-order chi connectivity index (χ0) is 18.1. The van der Waals surface area contributed by atoms with Gasteiger partial charge >= 0.3 is 5.97 Å². The van der Waals surface area contributed by atoms with Crippen molar-refractivity contribution in [1.82, 2.24) is 10.2 Å². The third kappa shape index (κ3) is 5.89. The van der Waals surface area contributed by atoms with E-state index in [1.54, 1.807) is 35.1 Å². The number of rotatable bonds is 8. The molecule has 1 fully saturated rings. The minimum absolute atomic E-state index is 0.378. The molecule has 1 aliphatic rings. The van der Waals surface area contributed by atoms with Crippen LogP contribution in [0, 0.1) is 0 Å². The van der Waals surface area contributed by atoms with Gasteiger partial charge in [0, 0.05) is 19.6 Å². The lowest BCUT2D eigenvalue weighted by atomic mass is 10.2. The molecular formula is C17H25IN2O5. The topological polar surface area (TPSA) is 69.3 Å². The molecule has 0 aromatic heterocycles. The number of benzene rings is 1. The first-order valence-corrected chi connectivity index (χ1v) is 9.22. The second kappa shape index (κ2) is 10.7. The van der Waals surface area contributed by atoms with Crippen LogP contribution in [0.2, 0.25) is 0 Å². The van der Waals surface area contributed by atoms with E-state index in [1.165, 1.54) is 14.2 Å². The van der Waals surface area contributed by atoms with Crippen molar-refractivity contribution >= 4 is 29.0 Å². The highest BCUT2D eigenvalue weighted by atomic mass is 127. The van der Waals surface area contributed by atoms with Gasteiger partial charge in [-0.1, -0.05) is 0 Å². The van der Waals surface area contributed by atoms with Crippen LogP contribution in [-0.2, 0) is 4.74 Å². The van der Waals surface area contributed by atoms with Crippen LogP contribution < -0.4 is 17.9 Å². The van der Waals surface area contributed by atoms with E-state index in [-0.39, 0.29) is 0 Å². The largest absolute Gasteiger partial charge is 0.493 e. The third-order valence-corrected chi connectivity index (χ3v) is 4.52. The molecule has 25 heavy (non-hydrogen) atoms. The Hall–Kier alpha value is -1.26. The van der Waals surface area contributed by atoms with Gasteiger partial charge in [0.05, 0.1) is 26.4 Å². The van der Waals surface area contributed by atoms with Gasteiger partial charge < -0.3 is 27.5 Å². The molecule has 0 bridgehead atoms. The summed E-state index contributed by atoms with van der Waals surface area (Å²) in [7, 11) is 3.04. The van der Waals surface area contributed by atoms with Crippen LogP contribution in [0.25, 0.3) is 0 Å². The summed E-state index contributed by atoms with van der Waals surface area (Å²) in [5.41, 5.74) is 0.378. The van der Waals surface area contributed by atoms with Gasteiger partial charge in [-0.05, 0) is 38.1 Å². The number of halogens is 1. The molecule has 0 saturated carbocycles. The maximum Gasteiger partial charge on any atom is 0.338 e. The lowest BCUT2D eigenvalue weighted by Gasteiger charge is -2.19. The lowest BCUT2D eigenvalue weighted by Crippen LogP contribution is -2.29. The summed E-state index contributed by atoms with van der Waals surface area (Å²) in [6.07, 6.45) is 1.97. The highest BCUT2D eigenvalue weighted by Gasteiger charge is 2.18. The molecule has 1 aromatic rings. The van der Waals surface area contributed by atoms with Crippen molar-refractivity contribution in [2.75, 3.05) is 53.6 Å². The zero-order valence-electron chi connectivity index (χ0n) is 14.7. The van der Waals surface area contributed by atoms with Crippen molar-refractivity contribution in [2.45, 2.75) is 12.8 Å². The van der Waals surface area contributed by atoms with Crippen LogP contribution in [-0.4, -0.2) is 64.4 Å². The van der Waals surface area contributed by atoms with Crippen molar-refractivity contribution in [3.8, 4) is 17.2 Å². The molecule has 1 heterocycles. The van der Waals surface area contributed by atoms with E-state index in [4.69, 9.17) is 17.3 Å². The molecule has 0 atom stereocenters. The second-order valence-corrected chi connectivity index (χ2v) is 6.16. The molecule has 0 radical (unpaired) electrons. The molecular weight excluding hydrogens is 439 g/mol. The number of nitrogens with zero attached hydrogens (tertiary/aromatic N) is 1. The standard InChI is InChI=1S/C17H25IN2O5/c1-22-14-11-13(12-15(25-18)16(14)23-2)17(21)24-10-4-8-20-7-3-5-19-6-9-20/h11-12,19H,3-10H2,1-2H3. The summed E-state index contributed by atoms with van der Waals surface area (Å²) in [4.78, 5) is 14.7. The van der Waals surface area contributed by atoms with E-state index in [0.29, 0.717) is 29.4 Å². The molecule has 0 spiro atoms. The minimum Gasteiger partial charge on any atom is -0.493 e. The Morgan fingerprint density at radius 2 is 2.00 bits per heavy atom. The van der Waals surface area contributed by atoms with Gasteiger partial charge in [0.2, 0.25) is 5.75 Å². The Kier molecular flexibility index (Phi) is 8.56. The molecule has 0 aliphatic carbocycles. The smallest absolute Gasteiger partial charge is 0.338 e. The van der Waals surface area contributed by atoms with E-state index in [0.717, 1.165) is 45.6 Å². The molecule has 7 nitrogen and oxygen atoms in total. The Morgan fingerprint density at radius 1 is 1.20 bits per heavy atom. The number of nitrogens with one attached hydrogen (secondary N) is 1. The highest BCUT2D eigenvalue weighted by Crippen LogP contribution is 2.39. The first-order valence-electron chi connectivity index (χ1n) is 8.34. The van der Waals surface area contributed by atoms with Crippen LogP contribution in [0.1, 0.15) is 23.2 Å². The van der Waals surface area contributed by atoms with E-state index in [2.05, 4.69) is 10.2 Å². The van der Waals surface area contributed by atoms with Crippen LogP contribution in [0.3, 0.4) is 0 Å². The Labute approximate surface area is 162 Å². The predicted molar refractivity (Wildman–Crippen MR) is 103 cm³/mol. The third-order valence-electron chi connectivity index (χ3n) is 4.05. The average Bonchev–Trinajstić information content (AvgIpc) is 2.92. The summed E-state index contributed by atoms with van der Waals surface area (Å²) in [6.45, 7) is 5.55. The van der Waals surface area contributed by atoms with Crippen LogP contribution in [0.4, 0.5) is 0 Å². The van der Waals surface area contributed by atoms with Crippen molar-refractivity contribution in [2.24, 2.45) is 0 Å². The van der Waals surface area contributed by atoms with Crippen LogP contribution >= 0.6 is 23.0 Å². The van der Waals surface area contributed by atoms with Gasteiger partial charge in [-0.3, -0.25) is 0 Å².